The number of methoxy groups -OCH3 is 2. The summed E-state index contributed by atoms with van der Waals surface area (Å²) in [5.74, 6) is 1.68. The molecule has 0 aliphatic rings. The van der Waals surface area contributed by atoms with E-state index in [9.17, 15) is 4.79 Å². The van der Waals surface area contributed by atoms with Crippen LogP contribution in [0.4, 0.5) is 0 Å². The van der Waals surface area contributed by atoms with Crippen molar-refractivity contribution in [2.45, 2.75) is 0 Å². The zero-order valence-electron chi connectivity index (χ0n) is 13.4. The first kappa shape index (κ1) is 15.8. The predicted octanol–water partition coefficient (Wildman–Crippen LogP) is 2.44. The summed E-state index contributed by atoms with van der Waals surface area (Å²) in [6, 6.07) is 9.33. The minimum Gasteiger partial charge on any atom is -0.493 e. The van der Waals surface area contributed by atoms with E-state index in [0.717, 1.165) is 10.4 Å². The number of hydrogen-bond donors (Lipinski definition) is 0. The zero-order chi connectivity index (χ0) is 17.4. The fourth-order valence-corrected chi connectivity index (χ4v) is 4.16. The van der Waals surface area contributed by atoms with Crippen LogP contribution in [-0.4, -0.2) is 28.8 Å². The third-order valence-electron chi connectivity index (χ3n) is 3.71. The number of benzene rings is 1. The van der Waals surface area contributed by atoms with Gasteiger partial charge in [0.2, 0.25) is 4.96 Å². The van der Waals surface area contributed by atoms with Crippen molar-refractivity contribution in [3.05, 3.63) is 55.5 Å². The van der Waals surface area contributed by atoms with Crippen molar-refractivity contribution in [3.63, 3.8) is 0 Å². The van der Waals surface area contributed by atoms with Gasteiger partial charge in [0, 0.05) is 10.4 Å². The minimum atomic E-state index is -0.122. The average molecular weight is 371 g/mol. The van der Waals surface area contributed by atoms with Gasteiger partial charge in [-0.2, -0.15) is 0 Å². The van der Waals surface area contributed by atoms with Crippen LogP contribution >= 0.6 is 22.7 Å². The van der Waals surface area contributed by atoms with Crippen molar-refractivity contribution >= 4 is 33.7 Å². The molecule has 6 nitrogen and oxygen atoms in total. The first-order valence-electron chi connectivity index (χ1n) is 7.37. The van der Waals surface area contributed by atoms with Crippen molar-refractivity contribution in [2.75, 3.05) is 14.2 Å². The standard InChI is InChI=1S/C17H13N3O3S2/c1-22-12-6-5-10(8-13(12)23-2)15-18-19-17-20(15)16(21)14(25-17)9-11-4-3-7-24-11/h3-9H,1-2H3. The lowest BCUT2D eigenvalue weighted by Crippen LogP contribution is -2.23. The largest absolute Gasteiger partial charge is 0.493 e. The van der Waals surface area contributed by atoms with Crippen LogP contribution in [-0.2, 0) is 0 Å². The molecule has 0 radical (unpaired) electrons. The van der Waals surface area contributed by atoms with Gasteiger partial charge >= 0.3 is 0 Å². The molecule has 3 aromatic heterocycles. The number of fused-ring (bicyclic) bond motifs is 1. The van der Waals surface area contributed by atoms with Gasteiger partial charge in [-0.3, -0.25) is 4.79 Å². The van der Waals surface area contributed by atoms with Gasteiger partial charge in [0.1, 0.15) is 0 Å². The Morgan fingerprint density at radius 1 is 1.12 bits per heavy atom. The number of thiazole rings is 1. The van der Waals surface area contributed by atoms with E-state index in [1.54, 1.807) is 37.7 Å². The Morgan fingerprint density at radius 2 is 1.96 bits per heavy atom. The van der Waals surface area contributed by atoms with Gasteiger partial charge in [0.25, 0.3) is 5.56 Å². The van der Waals surface area contributed by atoms with Crippen LogP contribution in [0.5, 0.6) is 11.5 Å². The molecule has 0 atom stereocenters. The van der Waals surface area contributed by atoms with Gasteiger partial charge in [-0.05, 0) is 35.7 Å². The monoisotopic (exact) mass is 371 g/mol. The number of rotatable bonds is 4. The smallest absolute Gasteiger partial charge is 0.276 e. The molecule has 126 valence electrons. The second-order valence-electron chi connectivity index (χ2n) is 5.14. The number of ether oxygens (including phenoxy) is 2. The van der Waals surface area contributed by atoms with Crippen molar-refractivity contribution < 1.29 is 9.47 Å². The van der Waals surface area contributed by atoms with Crippen LogP contribution in [0.3, 0.4) is 0 Å². The SMILES string of the molecule is COc1ccc(-c2nnc3sc(=Cc4cccs4)c(=O)n23)cc1OC. The van der Waals surface area contributed by atoms with Gasteiger partial charge in [-0.15, -0.1) is 21.5 Å². The van der Waals surface area contributed by atoms with Gasteiger partial charge in [0.15, 0.2) is 17.3 Å². The number of aromatic nitrogens is 3. The van der Waals surface area contributed by atoms with E-state index in [4.69, 9.17) is 9.47 Å². The molecular weight excluding hydrogens is 358 g/mol. The second kappa shape index (κ2) is 6.30. The summed E-state index contributed by atoms with van der Waals surface area (Å²) >= 11 is 2.91. The Kier molecular flexibility index (Phi) is 3.98. The third-order valence-corrected chi connectivity index (χ3v) is 5.49. The summed E-state index contributed by atoms with van der Waals surface area (Å²) in [7, 11) is 3.15. The fourth-order valence-electron chi connectivity index (χ4n) is 2.53. The Morgan fingerprint density at radius 3 is 2.68 bits per heavy atom. The topological polar surface area (TPSA) is 65.7 Å². The first-order chi connectivity index (χ1) is 12.2. The molecule has 0 spiro atoms. The van der Waals surface area contributed by atoms with Gasteiger partial charge in [-0.1, -0.05) is 17.4 Å². The number of hydrogen-bond acceptors (Lipinski definition) is 7. The van der Waals surface area contributed by atoms with E-state index in [0.29, 0.717) is 26.8 Å². The summed E-state index contributed by atoms with van der Waals surface area (Å²) in [6.45, 7) is 0. The van der Waals surface area contributed by atoms with Crippen molar-refractivity contribution in [1.82, 2.24) is 14.6 Å². The first-order valence-corrected chi connectivity index (χ1v) is 9.06. The lowest BCUT2D eigenvalue weighted by molar-refractivity contribution is 0.355. The summed E-state index contributed by atoms with van der Waals surface area (Å²) < 4.78 is 12.7. The molecule has 0 amide bonds. The molecule has 0 N–H and O–H groups in total. The van der Waals surface area contributed by atoms with Crippen LogP contribution < -0.4 is 19.6 Å². The highest BCUT2D eigenvalue weighted by Gasteiger charge is 2.16. The van der Waals surface area contributed by atoms with Crippen LogP contribution in [0.25, 0.3) is 22.4 Å². The molecule has 4 rings (SSSR count). The molecule has 0 aliphatic carbocycles. The predicted molar refractivity (Wildman–Crippen MR) is 98.8 cm³/mol. The summed E-state index contributed by atoms with van der Waals surface area (Å²) in [5, 5.41) is 10.3. The van der Waals surface area contributed by atoms with Crippen molar-refractivity contribution in [2.24, 2.45) is 0 Å². The van der Waals surface area contributed by atoms with E-state index in [1.165, 1.54) is 15.7 Å². The van der Waals surface area contributed by atoms with Gasteiger partial charge in [0.05, 0.1) is 18.8 Å². The molecule has 0 saturated carbocycles. The van der Waals surface area contributed by atoms with Crippen LogP contribution in [0.15, 0.2) is 40.5 Å². The lowest BCUT2D eigenvalue weighted by atomic mass is 10.2. The molecule has 3 heterocycles. The fraction of sp³-hybridized carbons (Fsp3) is 0.118. The third kappa shape index (κ3) is 2.69. The summed E-state index contributed by atoms with van der Waals surface area (Å²) in [4.78, 5) is 14.4. The highest BCUT2D eigenvalue weighted by Crippen LogP contribution is 2.31. The Labute approximate surface area is 150 Å². The average Bonchev–Trinajstić information content (AvgIpc) is 3.35. The van der Waals surface area contributed by atoms with Crippen LogP contribution in [0, 0.1) is 0 Å². The highest BCUT2D eigenvalue weighted by molar-refractivity contribution is 7.15. The van der Waals surface area contributed by atoms with E-state index >= 15 is 0 Å². The number of nitrogens with zero attached hydrogens (tertiary/aromatic N) is 3. The van der Waals surface area contributed by atoms with Crippen LogP contribution in [0.2, 0.25) is 0 Å². The zero-order valence-corrected chi connectivity index (χ0v) is 15.1. The molecule has 25 heavy (non-hydrogen) atoms. The second-order valence-corrected chi connectivity index (χ2v) is 7.13. The maximum absolute atomic E-state index is 12.8. The molecule has 0 fully saturated rings. The van der Waals surface area contributed by atoms with Gasteiger partial charge in [-0.25, -0.2) is 4.40 Å². The molecule has 0 aliphatic heterocycles. The molecule has 8 heteroatoms. The quantitative estimate of drug-likeness (QED) is 0.551. The van der Waals surface area contributed by atoms with Gasteiger partial charge < -0.3 is 9.47 Å². The van der Waals surface area contributed by atoms with Crippen LogP contribution in [0.1, 0.15) is 4.88 Å². The van der Waals surface area contributed by atoms with E-state index in [1.807, 2.05) is 29.7 Å². The normalized spacial score (nSPS) is 12.0. The van der Waals surface area contributed by atoms with Crippen molar-refractivity contribution in [3.8, 4) is 22.9 Å². The molecule has 0 bridgehead atoms. The molecule has 1 aromatic carbocycles. The Balaban J connectivity index is 1.90. The summed E-state index contributed by atoms with van der Waals surface area (Å²) in [6.07, 6.45) is 1.88. The molecular formula is C17H13N3O3S2. The maximum Gasteiger partial charge on any atom is 0.276 e. The summed E-state index contributed by atoms with van der Waals surface area (Å²) in [5.41, 5.74) is 0.617. The molecule has 0 saturated heterocycles. The van der Waals surface area contributed by atoms with E-state index in [2.05, 4.69) is 10.2 Å². The Bertz CT molecular complexity index is 1150. The minimum absolute atomic E-state index is 0.122. The lowest BCUT2D eigenvalue weighted by Gasteiger charge is -2.08. The van der Waals surface area contributed by atoms with Crippen molar-refractivity contribution in [1.29, 1.82) is 0 Å². The Hall–Kier alpha value is -2.71. The van der Waals surface area contributed by atoms with E-state index < -0.39 is 0 Å². The maximum atomic E-state index is 12.8. The molecule has 4 aromatic rings. The number of thiophene rings is 1. The van der Waals surface area contributed by atoms with E-state index in [-0.39, 0.29) is 5.56 Å². The highest BCUT2D eigenvalue weighted by atomic mass is 32.1. The molecule has 0 unspecified atom stereocenters.